The number of piperazine rings is 1. The summed E-state index contributed by atoms with van der Waals surface area (Å²) < 4.78 is 83.3. The van der Waals surface area contributed by atoms with Gasteiger partial charge >= 0.3 is 6.36 Å². The summed E-state index contributed by atoms with van der Waals surface area (Å²) >= 11 is 0. The highest BCUT2D eigenvalue weighted by atomic mass is 32.2. The first-order valence-corrected chi connectivity index (χ1v) is 17.9. The third-order valence-corrected chi connectivity index (χ3v) is 11.1. The van der Waals surface area contributed by atoms with E-state index in [0.29, 0.717) is 64.3 Å². The molecule has 11 nitrogen and oxygen atoms in total. The first-order valence-electron chi connectivity index (χ1n) is 16.5. The SMILES string of the molecule is O=C(NC1CCN(Cc2ccc(OC(F)(F)F)cc2)CC1F)c1ccc(C(=O)N2CCN(c3ccc(S(=O)(=O)N4CCCC4)cc3)CC2)nc1. The van der Waals surface area contributed by atoms with Crippen LogP contribution in [-0.2, 0) is 16.6 Å². The Labute approximate surface area is 287 Å². The fraction of sp³-hybridized carbons (Fsp3) is 0.441. The summed E-state index contributed by atoms with van der Waals surface area (Å²) in [5.74, 6) is -1.11. The van der Waals surface area contributed by atoms with E-state index in [1.54, 1.807) is 29.2 Å². The van der Waals surface area contributed by atoms with Crippen molar-refractivity contribution in [2.75, 3.05) is 57.3 Å². The number of benzene rings is 2. The van der Waals surface area contributed by atoms with Crippen molar-refractivity contribution in [3.63, 3.8) is 0 Å². The second kappa shape index (κ2) is 14.9. The molecule has 3 fully saturated rings. The first-order chi connectivity index (χ1) is 23.9. The molecule has 6 rings (SSSR count). The molecule has 2 atom stereocenters. The number of likely N-dealkylation sites (tertiary alicyclic amines) is 1. The van der Waals surface area contributed by atoms with Crippen molar-refractivity contribution in [2.24, 2.45) is 0 Å². The molecule has 2 unspecified atom stereocenters. The molecule has 0 radical (unpaired) electrons. The summed E-state index contributed by atoms with van der Waals surface area (Å²) in [4.78, 5) is 36.2. The highest BCUT2D eigenvalue weighted by Crippen LogP contribution is 2.26. The molecule has 268 valence electrons. The van der Waals surface area contributed by atoms with Crippen LogP contribution in [0.1, 0.15) is 45.7 Å². The molecule has 0 saturated carbocycles. The number of hydrogen-bond acceptors (Lipinski definition) is 8. The van der Waals surface area contributed by atoms with E-state index in [1.807, 2.05) is 4.90 Å². The smallest absolute Gasteiger partial charge is 0.406 e. The molecule has 3 aliphatic rings. The molecule has 0 bridgehead atoms. The highest BCUT2D eigenvalue weighted by molar-refractivity contribution is 7.89. The molecule has 0 aliphatic carbocycles. The van der Waals surface area contributed by atoms with Crippen molar-refractivity contribution in [3.05, 3.63) is 83.7 Å². The van der Waals surface area contributed by atoms with Gasteiger partial charge in [-0.1, -0.05) is 12.1 Å². The molecule has 16 heteroatoms. The molecule has 1 aromatic heterocycles. The van der Waals surface area contributed by atoms with Crippen LogP contribution < -0.4 is 15.0 Å². The van der Waals surface area contributed by atoms with Gasteiger partial charge in [-0.2, -0.15) is 4.31 Å². The van der Waals surface area contributed by atoms with Crippen molar-refractivity contribution >= 4 is 27.5 Å². The third kappa shape index (κ3) is 8.53. The second-order valence-electron chi connectivity index (χ2n) is 12.6. The Morgan fingerprint density at radius 1 is 0.880 bits per heavy atom. The van der Waals surface area contributed by atoms with Gasteiger partial charge in [-0.25, -0.2) is 12.8 Å². The maximum absolute atomic E-state index is 15.1. The summed E-state index contributed by atoms with van der Waals surface area (Å²) in [5, 5.41) is 2.72. The van der Waals surface area contributed by atoms with Crippen molar-refractivity contribution in [1.29, 1.82) is 0 Å². The van der Waals surface area contributed by atoms with E-state index in [4.69, 9.17) is 0 Å². The highest BCUT2D eigenvalue weighted by Gasteiger charge is 2.33. The Morgan fingerprint density at radius 3 is 2.16 bits per heavy atom. The molecule has 1 N–H and O–H groups in total. The van der Waals surface area contributed by atoms with Gasteiger partial charge in [0.15, 0.2) is 0 Å². The lowest BCUT2D eigenvalue weighted by atomic mass is 10.0. The van der Waals surface area contributed by atoms with E-state index in [9.17, 15) is 31.2 Å². The van der Waals surface area contributed by atoms with Crippen molar-refractivity contribution in [3.8, 4) is 5.75 Å². The Kier molecular flexibility index (Phi) is 10.6. The Bertz CT molecular complexity index is 1750. The summed E-state index contributed by atoms with van der Waals surface area (Å²) in [5.41, 5.74) is 1.95. The topological polar surface area (TPSA) is 115 Å². The molecular formula is C34H38F4N6O5S. The monoisotopic (exact) mass is 718 g/mol. The number of nitrogens with one attached hydrogen (secondary N) is 1. The van der Waals surface area contributed by atoms with Crippen LogP contribution in [0.5, 0.6) is 5.75 Å². The Balaban J connectivity index is 0.951. The van der Waals surface area contributed by atoms with E-state index in [2.05, 4.69) is 19.9 Å². The average Bonchev–Trinajstić information content (AvgIpc) is 3.66. The lowest BCUT2D eigenvalue weighted by Crippen LogP contribution is -2.52. The van der Waals surface area contributed by atoms with Crippen LogP contribution in [0.25, 0.3) is 0 Å². The number of amides is 2. The van der Waals surface area contributed by atoms with Gasteiger partial charge in [0.2, 0.25) is 10.0 Å². The largest absolute Gasteiger partial charge is 0.573 e. The van der Waals surface area contributed by atoms with Crippen LogP contribution in [0.2, 0.25) is 0 Å². The van der Waals surface area contributed by atoms with Gasteiger partial charge in [0.25, 0.3) is 11.8 Å². The zero-order valence-corrected chi connectivity index (χ0v) is 28.0. The number of carbonyl (C=O) groups excluding carboxylic acids is 2. The van der Waals surface area contributed by atoms with Gasteiger partial charge in [-0.3, -0.25) is 19.5 Å². The number of rotatable bonds is 9. The van der Waals surface area contributed by atoms with Crippen LogP contribution >= 0.6 is 0 Å². The number of halogens is 4. The fourth-order valence-electron chi connectivity index (χ4n) is 6.47. The molecule has 3 aromatic rings. The Hall–Kier alpha value is -4.28. The van der Waals surface area contributed by atoms with Gasteiger partial charge in [0, 0.05) is 70.8 Å². The number of alkyl halides is 4. The van der Waals surface area contributed by atoms with Gasteiger partial charge in [-0.05, 0) is 73.4 Å². The predicted octanol–water partition coefficient (Wildman–Crippen LogP) is 4.07. The molecule has 4 heterocycles. The van der Waals surface area contributed by atoms with Crippen LogP contribution in [0.3, 0.4) is 0 Å². The molecule has 0 spiro atoms. The van der Waals surface area contributed by atoms with Crippen molar-refractivity contribution in [2.45, 2.75) is 49.3 Å². The maximum Gasteiger partial charge on any atom is 0.573 e. The molecule has 3 aliphatic heterocycles. The molecular weight excluding hydrogens is 680 g/mol. The molecule has 3 saturated heterocycles. The summed E-state index contributed by atoms with van der Waals surface area (Å²) in [6.45, 7) is 3.91. The normalized spacial score (nSPS) is 20.9. The van der Waals surface area contributed by atoms with E-state index in [0.717, 1.165) is 18.5 Å². The number of sulfonamides is 1. The predicted molar refractivity (Wildman–Crippen MR) is 176 cm³/mol. The summed E-state index contributed by atoms with van der Waals surface area (Å²) in [7, 11) is -3.49. The zero-order chi connectivity index (χ0) is 35.5. The van der Waals surface area contributed by atoms with Gasteiger partial charge in [-0.15, -0.1) is 13.2 Å². The number of pyridine rings is 1. The van der Waals surface area contributed by atoms with Crippen LogP contribution in [-0.4, -0.2) is 110 Å². The van der Waals surface area contributed by atoms with Crippen LogP contribution in [0, 0.1) is 0 Å². The molecule has 50 heavy (non-hydrogen) atoms. The molecule has 2 amide bonds. The van der Waals surface area contributed by atoms with E-state index >= 15 is 4.39 Å². The lowest BCUT2D eigenvalue weighted by Gasteiger charge is -2.36. The van der Waals surface area contributed by atoms with E-state index < -0.39 is 34.5 Å². The third-order valence-electron chi connectivity index (χ3n) is 9.22. The van der Waals surface area contributed by atoms with E-state index in [-0.39, 0.29) is 34.4 Å². The number of anilines is 1. The number of piperidine rings is 1. The summed E-state index contributed by atoms with van der Waals surface area (Å²) in [6, 6.07) is 14.5. The minimum absolute atomic E-state index is 0.0384. The van der Waals surface area contributed by atoms with Crippen LogP contribution in [0.4, 0.5) is 23.2 Å². The van der Waals surface area contributed by atoms with Crippen molar-refractivity contribution in [1.82, 2.24) is 24.4 Å². The minimum Gasteiger partial charge on any atom is -0.406 e. The Morgan fingerprint density at radius 2 is 1.56 bits per heavy atom. The second-order valence-corrected chi connectivity index (χ2v) is 14.6. The fourth-order valence-corrected chi connectivity index (χ4v) is 7.99. The van der Waals surface area contributed by atoms with Crippen molar-refractivity contribution < 1.29 is 40.3 Å². The van der Waals surface area contributed by atoms with E-state index in [1.165, 1.54) is 46.9 Å². The number of ether oxygens (including phenoxy) is 1. The molecule has 2 aromatic carbocycles. The standard InChI is InChI=1S/C34H38F4N6O5S/c35-29-23-41(22-24-3-8-27(9-4-24)49-34(36,37)38)16-13-30(29)40-32(45)25-5-12-31(39-21-25)33(46)43-19-17-42(18-20-43)26-6-10-28(11-7-26)50(47,48)44-14-1-2-15-44/h3-12,21,29-30H,1-2,13-20,22-23H2,(H,40,45). The van der Waals surface area contributed by atoms with Crippen LogP contribution in [0.15, 0.2) is 71.8 Å². The van der Waals surface area contributed by atoms with Gasteiger partial charge in [0.1, 0.15) is 17.6 Å². The first kappa shape index (κ1) is 35.5. The number of aromatic nitrogens is 1. The number of nitrogens with zero attached hydrogens (tertiary/aromatic N) is 5. The zero-order valence-electron chi connectivity index (χ0n) is 27.2. The quantitative estimate of drug-likeness (QED) is 0.330. The van der Waals surface area contributed by atoms with Gasteiger partial charge < -0.3 is 19.9 Å². The number of hydrogen-bond donors (Lipinski definition) is 1. The van der Waals surface area contributed by atoms with Gasteiger partial charge in [0.05, 0.1) is 16.5 Å². The lowest BCUT2D eigenvalue weighted by molar-refractivity contribution is -0.274. The maximum atomic E-state index is 15.1. The average molecular weight is 719 g/mol. The number of carbonyl (C=O) groups is 2. The summed E-state index contributed by atoms with van der Waals surface area (Å²) in [6.07, 6.45) is -2.77. The minimum atomic E-state index is -4.78.